The Labute approximate surface area is 91.3 Å². The summed E-state index contributed by atoms with van der Waals surface area (Å²) in [5.74, 6) is -1.25. The van der Waals surface area contributed by atoms with E-state index >= 15 is 0 Å². The summed E-state index contributed by atoms with van der Waals surface area (Å²) in [6.07, 6.45) is 0. The molecule has 0 aliphatic carbocycles. The first kappa shape index (κ1) is 12.1. The summed E-state index contributed by atoms with van der Waals surface area (Å²) in [5, 5.41) is 29.1. The summed E-state index contributed by atoms with van der Waals surface area (Å²) in [6.45, 7) is 2.80. The molecule has 0 saturated heterocycles. The SMILES string of the molecule is CC(C)(O)c1ccc(C(=O)O)cc1[N+](=O)[O-]. The molecule has 0 bridgehead atoms. The average molecular weight is 225 g/mol. The molecule has 0 saturated carbocycles. The standard InChI is InChI=1S/C10H11NO5/c1-10(2,14)7-4-3-6(9(12)13)5-8(7)11(15)16/h3-5,14H,1-2H3,(H,12,13). The van der Waals surface area contributed by atoms with E-state index in [0.717, 1.165) is 6.07 Å². The first-order chi connectivity index (χ1) is 7.23. The van der Waals surface area contributed by atoms with E-state index in [0.29, 0.717) is 0 Å². The fourth-order valence-electron chi connectivity index (χ4n) is 1.33. The van der Waals surface area contributed by atoms with Crippen LogP contribution in [0.2, 0.25) is 0 Å². The molecule has 0 aliphatic heterocycles. The van der Waals surface area contributed by atoms with Crippen molar-refractivity contribution in [3.05, 3.63) is 39.4 Å². The van der Waals surface area contributed by atoms with Crippen LogP contribution in [0.1, 0.15) is 29.8 Å². The van der Waals surface area contributed by atoms with E-state index in [1.165, 1.54) is 26.0 Å². The van der Waals surface area contributed by atoms with Crippen molar-refractivity contribution in [2.24, 2.45) is 0 Å². The monoisotopic (exact) mass is 225 g/mol. The lowest BCUT2D eigenvalue weighted by molar-refractivity contribution is -0.386. The lowest BCUT2D eigenvalue weighted by atomic mass is 9.95. The molecule has 0 radical (unpaired) electrons. The molecule has 0 aliphatic rings. The summed E-state index contributed by atoms with van der Waals surface area (Å²) in [6, 6.07) is 3.42. The van der Waals surface area contributed by atoms with E-state index in [-0.39, 0.29) is 11.1 Å². The minimum atomic E-state index is -1.39. The van der Waals surface area contributed by atoms with Gasteiger partial charge in [-0.15, -0.1) is 0 Å². The summed E-state index contributed by atoms with van der Waals surface area (Å²) in [7, 11) is 0. The molecule has 0 unspecified atom stereocenters. The van der Waals surface area contributed by atoms with Crippen LogP contribution in [0, 0.1) is 10.1 Å². The maximum atomic E-state index is 10.7. The second kappa shape index (κ2) is 3.90. The minimum Gasteiger partial charge on any atom is -0.478 e. The van der Waals surface area contributed by atoms with Gasteiger partial charge in [-0.25, -0.2) is 4.79 Å². The van der Waals surface area contributed by atoms with Gasteiger partial charge in [-0.3, -0.25) is 10.1 Å². The van der Waals surface area contributed by atoms with Crippen LogP contribution in [0.4, 0.5) is 5.69 Å². The number of nitro groups is 1. The number of hydrogen-bond acceptors (Lipinski definition) is 4. The maximum absolute atomic E-state index is 10.7. The van der Waals surface area contributed by atoms with E-state index in [1.54, 1.807) is 0 Å². The Morgan fingerprint density at radius 2 is 2.00 bits per heavy atom. The molecular weight excluding hydrogens is 214 g/mol. The molecule has 0 heterocycles. The van der Waals surface area contributed by atoms with Crippen molar-refractivity contribution >= 4 is 11.7 Å². The Bertz CT molecular complexity index is 447. The summed E-state index contributed by atoms with van der Waals surface area (Å²) < 4.78 is 0. The highest BCUT2D eigenvalue weighted by molar-refractivity contribution is 5.88. The van der Waals surface area contributed by atoms with E-state index in [9.17, 15) is 20.0 Å². The Morgan fingerprint density at radius 1 is 1.44 bits per heavy atom. The van der Waals surface area contributed by atoms with Crippen LogP contribution < -0.4 is 0 Å². The first-order valence-corrected chi connectivity index (χ1v) is 4.48. The van der Waals surface area contributed by atoms with Crippen molar-refractivity contribution in [2.75, 3.05) is 0 Å². The molecule has 1 aromatic carbocycles. The number of nitro benzene ring substituents is 1. The fourth-order valence-corrected chi connectivity index (χ4v) is 1.33. The third kappa shape index (κ3) is 2.34. The zero-order valence-electron chi connectivity index (χ0n) is 8.80. The van der Waals surface area contributed by atoms with E-state index in [4.69, 9.17) is 5.11 Å². The predicted octanol–water partition coefficient (Wildman–Crippen LogP) is 1.52. The minimum absolute atomic E-state index is 0.0856. The summed E-state index contributed by atoms with van der Waals surface area (Å²) >= 11 is 0. The van der Waals surface area contributed by atoms with Gasteiger partial charge in [0.15, 0.2) is 0 Å². The van der Waals surface area contributed by atoms with Crippen molar-refractivity contribution < 1.29 is 19.9 Å². The van der Waals surface area contributed by atoms with Gasteiger partial charge in [0, 0.05) is 6.07 Å². The van der Waals surface area contributed by atoms with Gasteiger partial charge in [-0.1, -0.05) is 0 Å². The van der Waals surface area contributed by atoms with E-state index in [2.05, 4.69) is 0 Å². The van der Waals surface area contributed by atoms with Gasteiger partial charge < -0.3 is 10.2 Å². The zero-order valence-corrected chi connectivity index (χ0v) is 8.80. The molecule has 0 aromatic heterocycles. The van der Waals surface area contributed by atoms with Crippen LogP contribution in [-0.4, -0.2) is 21.1 Å². The van der Waals surface area contributed by atoms with Crippen LogP contribution >= 0.6 is 0 Å². The number of benzene rings is 1. The number of hydrogen-bond donors (Lipinski definition) is 2. The van der Waals surface area contributed by atoms with Crippen molar-refractivity contribution in [1.29, 1.82) is 0 Å². The van der Waals surface area contributed by atoms with Crippen molar-refractivity contribution in [2.45, 2.75) is 19.4 Å². The number of rotatable bonds is 3. The lowest BCUT2D eigenvalue weighted by Crippen LogP contribution is -2.18. The highest BCUT2D eigenvalue weighted by Crippen LogP contribution is 2.30. The molecule has 0 amide bonds. The molecule has 6 heteroatoms. The zero-order chi connectivity index (χ0) is 12.5. The highest BCUT2D eigenvalue weighted by Gasteiger charge is 2.27. The van der Waals surface area contributed by atoms with Crippen LogP contribution in [0.15, 0.2) is 18.2 Å². The number of nitrogens with zero attached hydrogens (tertiary/aromatic N) is 1. The number of carboxylic acids is 1. The molecule has 2 N–H and O–H groups in total. The molecular formula is C10H11NO5. The molecule has 16 heavy (non-hydrogen) atoms. The van der Waals surface area contributed by atoms with Gasteiger partial charge >= 0.3 is 5.97 Å². The number of aromatic carboxylic acids is 1. The Kier molecular flexibility index (Phi) is 2.95. The second-order valence-electron chi connectivity index (χ2n) is 3.85. The maximum Gasteiger partial charge on any atom is 0.335 e. The van der Waals surface area contributed by atoms with E-state index in [1.807, 2.05) is 0 Å². The van der Waals surface area contributed by atoms with Gasteiger partial charge in [0.05, 0.1) is 21.7 Å². The van der Waals surface area contributed by atoms with Gasteiger partial charge in [-0.2, -0.15) is 0 Å². The normalized spacial score (nSPS) is 11.2. The van der Waals surface area contributed by atoms with Gasteiger partial charge in [0.2, 0.25) is 0 Å². The number of carbonyl (C=O) groups is 1. The van der Waals surface area contributed by atoms with Gasteiger partial charge in [0.1, 0.15) is 0 Å². The predicted molar refractivity (Wildman–Crippen MR) is 55.3 cm³/mol. The number of aliphatic hydroxyl groups is 1. The molecule has 86 valence electrons. The van der Waals surface area contributed by atoms with Crippen LogP contribution in [-0.2, 0) is 5.60 Å². The van der Waals surface area contributed by atoms with E-state index < -0.39 is 22.2 Å². The molecule has 6 nitrogen and oxygen atoms in total. The van der Waals surface area contributed by atoms with Gasteiger partial charge in [-0.05, 0) is 26.0 Å². The molecule has 1 rings (SSSR count). The Morgan fingerprint density at radius 3 is 2.38 bits per heavy atom. The van der Waals surface area contributed by atoms with Crippen LogP contribution in [0.25, 0.3) is 0 Å². The Balaban J connectivity index is 3.43. The largest absolute Gasteiger partial charge is 0.478 e. The third-order valence-corrected chi connectivity index (χ3v) is 2.10. The highest BCUT2D eigenvalue weighted by atomic mass is 16.6. The molecule has 0 atom stereocenters. The quantitative estimate of drug-likeness (QED) is 0.599. The average Bonchev–Trinajstić information content (AvgIpc) is 2.15. The first-order valence-electron chi connectivity index (χ1n) is 4.48. The van der Waals surface area contributed by atoms with Gasteiger partial charge in [0.25, 0.3) is 5.69 Å². The van der Waals surface area contributed by atoms with Crippen LogP contribution in [0.3, 0.4) is 0 Å². The Hall–Kier alpha value is -1.95. The molecule has 0 fully saturated rings. The third-order valence-electron chi connectivity index (χ3n) is 2.10. The van der Waals surface area contributed by atoms with Crippen LogP contribution in [0.5, 0.6) is 0 Å². The van der Waals surface area contributed by atoms with Crippen molar-refractivity contribution in [1.82, 2.24) is 0 Å². The molecule has 0 spiro atoms. The smallest absolute Gasteiger partial charge is 0.335 e. The van der Waals surface area contributed by atoms with Crippen molar-refractivity contribution in [3.8, 4) is 0 Å². The molecule has 1 aromatic rings. The second-order valence-corrected chi connectivity index (χ2v) is 3.85. The van der Waals surface area contributed by atoms with Crippen molar-refractivity contribution in [3.63, 3.8) is 0 Å². The summed E-state index contributed by atoms with van der Waals surface area (Å²) in [4.78, 5) is 20.7. The fraction of sp³-hybridized carbons (Fsp3) is 0.300. The number of carboxylic acid groups (broad SMARTS) is 1. The summed E-state index contributed by atoms with van der Waals surface area (Å²) in [5.41, 5.74) is -1.88. The topological polar surface area (TPSA) is 101 Å². The lowest BCUT2D eigenvalue weighted by Gasteiger charge is -2.17.